The lowest BCUT2D eigenvalue weighted by atomic mass is 10.1. The number of halogens is 2. The lowest BCUT2D eigenvalue weighted by Gasteiger charge is -2.06. The summed E-state index contributed by atoms with van der Waals surface area (Å²) >= 11 is 3.06. The maximum atomic E-state index is 13.4. The molecule has 0 spiro atoms. The van der Waals surface area contributed by atoms with Gasteiger partial charge in [-0.3, -0.25) is 14.9 Å². The molecule has 0 atom stereocenters. The van der Waals surface area contributed by atoms with Crippen molar-refractivity contribution in [3.8, 4) is 0 Å². The summed E-state index contributed by atoms with van der Waals surface area (Å²) in [4.78, 5) is 22.2. The Labute approximate surface area is 134 Å². The van der Waals surface area contributed by atoms with Crippen molar-refractivity contribution in [2.75, 3.05) is 6.54 Å². The molecule has 2 aromatic carbocycles. The van der Waals surface area contributed by atoms with Gasteiger partial charge in [-0.2, -0.15) is 0 Å². The normalized spacial score (nSPS) is 10.3. The molecular weight excluding hydrogens is 355 g/mol. The molecule has 5 nitrogen and oxygen atoms in total. The molecule has 22 heavy (non-hydrogen) atoms. The van der Waals surface area contributed by atoms with Crippen LogP contribution in [-0.4, -0.2) is 17.4 Å². The zero-order chi connectivity index (χ0) is 16.1. The van der Waals surface area contributed by atoms with E-state index >= 15 is 0 Å². The maximum Gasteiger partial charge on any atom is 0.284 e. The van der Waals surface area contributed by atoms with Gasteiger partial charge in [-0.25, -0.2) is 4.39 Å². The van der Waals surface area contributed by atoms with E-state index in [2.05, 4.69) is 21.2 Å². The van der Waals surface area contributed by atoms with Gasteiger partial charge in [0.15, 0.2) is 0 Å². The Bertz CT molecular complexity index is 722. The van der Waals surface area contributed by atoms with Crippen LogP contribution in [-0.2, 0) is 6.42 Å². The minimum atomic E-state index is -0.569. The summed E-state index contributed by atoms with van der Waals surface area (Å²) in [7, 11) is 0. The molecule has 0 saturated heterocycles. The van der Waals surface area contributed by atoms with E-state index in [1.54, 1.807) is 18.2 Å². The van der Waals surface area contributed by atoms with Gasteiger partial charge in [0, 0.05) is 18.2 Å². The highest BCUT2D eigenvalue weighted by Gasteiger charge is 2.15. The molecule has 0 heterocycles. The van der Waals surface area contributed by atoms with E-state index in [0.717, 1.165) is 0 Å². The van der Waals surface area contributed by atoms with Crippen LogP contribution in [0.3, 0.4) is 0 Å². The monoisotopic (exact) mass is 366 g/mol. The maximum absolute atomic E-state index is 13.4. The highest BCUT2D eigenvalue weighted by atomic mass is 79.9. The minimum Gasteiger partial charge on any atom is -0.352 e. The fourth-order valence-corrected chi connectivity index (χ4v) is 2.30. The fourth-order valence-electron chi connectivity index (χ4n) is 1.91. The van der Waals surface area contributed by atoms with Crippen LogP contribution >= 0.6 is 15.9 Å². The summed E-state index contributed by atoms with van der Waals surface area (Å²) in [6.07, 6.45) is 0.344. The van der Waals surface area contributed by atoms with E-state index < -0.39 is 10.8 Å². The first kappa shape index (κ1) is 16.1. The van der Waals surface area contributed by atoms with Crippen LogP contribution in [0.25, 0.3) is 0 Å². The molecule has 0 aliphatic rings. The lowest BCUT2D eigenvalue weighted by molar-refractivity contribution is -0.385. The van der Waals surface area contributed by atoms with Gasteiger partial charge < -0.3 is 5.32 Å². The largest absolute Gasteiger partial charge is 0.352 e. The molecule has 0 aliphatic heterocycles. The van der Waals surface area contributed by atoms with Crippen molar-refractivity contribution in [1.82, 2.24) is 5.32 Å². The summed E-state index contributed by atoms with van der Waals surface area (Å²) in [5, 5.41) is 13.5. The van der Waals surface area contributed by atoms with Gasteiger partial charge in [0.25, 0.3) is 11.6 Å². The van der Waals surface area contributed by atoms with E-state index in [4.69, 9.17) is 0 Å². The average molecular weight is 367 g/mol. The van der Waals surface area contributed by atoms with Crippen molar-refractivity contribution in [1.29, 1.82) is 0 Å². The fraction of sp³-hybridized carbons (Fsp3) is 0.133. The first-order valence-corrected chi connectivity index (χ1v) is 7.24. The molecule has 7 heteroatoms. The van der Waals surface area contributed by atoms with Crippen LogP contribution in [0.15, 0.2) is 46.9 Å². The van der Waals surface area contributed by atoms with Crippen molar-refractivity contribution in [3.63, 3.8) is 0 Å². The van der Waals surface area contributed by atoms with Gasteiger partial charge >= 0.3 is 0 Å². The number of hydrogen-bond donors (Lipinski definition) is 1. The van der Waals surface area contributed by atoms with Gasteiger partial charge in [-0.05, 0) is 46.1 Å². The second-order valence-electron chi connectivity index (χ2n) is 4.52. The zero-order valence-corrected chi connectivity index (χ0v) is 13.0. The molecule has 0 bridgehead atoms. The molecule has 0 aliphatic carbocycles. The number of nitro groups is 1. The Morgan fingerprint density at radius 3 is 2.68 bits per heavy atom. The molecule has 1 amide bonds. The molecule has 2 aromatic rings. The Hall–Kier alpha value is -2.28. The summed E-state index contributed by atoms with van der Waals surface area (Å²) < 4.78 is 13.7. The predicted octanol–water partition coefficient (Wildman–Crippen LogP) is 3.47. The van der Waals surface area contributed by atoms with Crippen LogP contribution < -0.4 is 5.32 Å². The SMILES string of the molecule is O=C(NCCc1ccccc1F)c1ccc(Br)c([N+](=O)[O-])c1. The predicted molar refractivity (Wildman–Crippen MR) is 83.2 cm³/mol. The molecule has 0 unspecified atom stereocenters. The summed E-state index contributed by atoms with van der Waals surface area (Å²) in [5.74, 6) is -0.761. The van der Waals surface area contributed by atoms with Crippen LogP contribution in [0.5, 0.6) is 0 Å². The molecule has 0 aromatic heterocycles. The molecule has 1 N–H and O–H groups in total. The van der Waals surface area contributed by atoms with E-state index in [0.29, 0.717) is 16.5 Å². The molecule has 0 radical (unpaired) electrons. The lowest BCUT2D eigenvalue weighted by Crippen LogP contribution is -2.26. The van der Waals surface area contributed by atoms with Gasteiger partial charge in [-0.1, -0.05) is 18.2 Å². The van der Waals surface area contributed by atoms with Crippen LogP contribution in [0.4, 0.5) is 10.1 Å². The quantitative estimate of drug-likeness (QED) is 0.650. The number of benzene rings is 2. The number of carbonyl (C=O) groups excluding carboxylic acids is 1. The topological polar surface area (TPSA) is 72.2 Å². The standard InChI is InChI=1S/C15H12BrFN2O3/c16-12-6-5-11(9-14(12)19(21)22)15(20)18-8-7-10-3-1-2-4-13(10)17/h1-6,9H,7-8H2,(H,18,20). The molecule has 0 fully saturated rings. The molecule has 0 saturated carbocycles. The van der Waals surface area contributed by atoms with E-state index in [9.17, 15) is 19.3 Å². The first-order chi connectivity index (χ1) is 10.5. The number of rotatable bonds is 5. The van der Waals surface area contributed by atoms with Gasteiger partial charge in [0.2, 0.25) is 0 Å². The first-order valence-electron chi connectivity index (χ1n) is 6.44. The number of carbonyl (C=O) groups is 1. The highest BCUT2D eigenvalue weighted by molar-refractivity contribution is 9.10. The Morgan fingerprint density at radius 2 is 2.00 bits per heavy atom. The number of amides is 1. The Kier molecular flexibility index (Phi) is 5.21. The second kappa shape index (κ2) is 7.13. The summed E-state index contributed by atoms with van der Waals surface area (Å²) in [6, 6.07) is 10.4. The number of nitro benzene ring substituents is 1. The average Bonchev–Trinajstić information content (AvgIpc) is 2.49. The number of nitrogens with one attached hydrogen (secondary N) is 1. The third-order valence-electron chi connectivity index (χ3n) is 3.04. The van der Waals surface area contributed by atoms with Crippen molar-refractivity contribution < 1.29 is 14.1 Å². The van der Waals surface area contributed by atoms with Gasteiger partial charge in [0.1, 0.15) is 5.82 Å². The zero-order valence-electron chi connectivity index (χ0n) is 11.4. The summed E-state index contributed by atoms with van der Waals surface area (Å²) in [5.41, 5.74) is 0.509. The minimum absolute atomic E-state index is 0.179. The van der Waals surface area contributed by atoms with E-state index in [-0.39, 0.29) is 23.6 Å². The van der Waals surface area contributed by atoms with Gasteiger partial charge in [0.05, 0.1) is 9.40 Å². The third kappa shape index (κ3) is 3.88. The Balaban J connectivity index is 2.00. The van der Waals surface area contributed by atoms with E-state index in [1.807, 2.05) is 0 Å². The van der Waals surface area contributed by atoms with Crippen molar-refractivity contribution in [3.05, 3.63) is 74.0 Å². The van der Waals surface area contributed by atoms with Crippen molar-refractivity contribution in [2.45, 2.75) is 6.42 Å². The van der Waals surface area contributed by atoms with Crippen molar-refractivity contribution >= 4 is 27.5 Å². The molecule has 114 valence electrons. The number of hydrogen-bond acceptors (Lipinski definition) is 3. The third-order valence-corrected chi connectivity index (χ3v) is 3.71. The molecular formula is C15H12BrFN2O3. The summed E-state index contributed by atoms with van der Waals surface area (Å²) in [6.45, 7) is 0.240. The van der Waals surface area contributed by atoms with Crippen LogP contribution in [0, 0.1) is 15.9 Å². The highest BCUT2D eigenvalue weighted by Crippen LogP contribution is 2.25. The smallest absolute Gasteiger partial charge is 0.284 e. The van der Waals surface area contributed by atoms with Crippen LogP contribution in [0.1, 0.15) is 15.9 Å². The van der Waals surface area contributed by atoms with E-state index in [1.165, 1.54) is 24.3 Å². The number of nitrogens with zero attached hydrogens (tertiary/aromatic N) is 1. The van der Waals surface area contributed by atoms with Crippen LogP contribution in [0.2, 0.25) is 0 Å². The Morgan fingerprint density at radius 1 is 1.27 bits per heavy atom. The van der Waals surface area contributed by atoms with Gasteiger partial charge in [-0.15, -0.1) is 0 Å². The second-order valence-corrected chi connectivity index (χ2v) is 5.37. The molecule has 2 rings (SSSR count). The van der Waals surface area contributed by atoms with Crippen molar-refractivity contribution in [2.24, 2.45) is 0 Å².